The van der Waals surface area contributed by atoms with Crippen LogP contribution >= 0.6 is 0 Å². The van der Waals surface area contributed by atoms with Gasteiger partial charge in [0, 0.05) is 12.5 Å². The zero-order valence-electron chi connectivity index (χ0n) is 12.4. The number of carbonyl (C=O) groups is 2. The van der Waals surface area contributed by atoms with Gasteiger partial charge in [-0.3, -0.25) is 0 Å². The van der Waals surface area contributed by atoms with E-state index < -0.39 is 42.7 Å². The summed E-state index contributed by atoms with van der Waals surface area (Å²) in [5.41, 5.74) is -3.03. The van der Waals surface area contributed by atoms with Gasteiger partial charge in [0.25, 0.3) is 0 Å². The number of esters is 2. The van der Waals surface area contributed by atoms with E-state index in [1.54, 1.807) is 0 Å². The van der Waals surface area contributed by atoms with Gasteiger partial charge in [0.2, 0.25) is 5.60 Å². The smallest absolute Gasteiger partial charge is 0.428 e. The molecule has 0 saturated heterocycles. The topological polar surface area (TPSA) is 52.6 Å². The third-order valence-electron chi connectivity index (χ3n) is 2.66. The molecule has 0 heterocycles. The summed E-state index contributed by atoms with van der Waals surface area (Å²) >= 11 is 0. The maximum atomic E-state index is 12.9. The van der Waals surface area contributed by atoms with Crippen molar-refractivity contribution in [3.8, 4) is 0 Å². The average Bonchev–Trinajstić information content (AvgIpc) is 2.31. The first-order valence-electron chi connectivity index (χ1n) is 6.21. The van der Waals surface area contributed by atoms with Gasteiger partial charge in [0.1, 0.15) is 0 Å². The van der Waals surface area contributed by atoms with Crippen LogP contribution in [-0.2, 0) is 19.1 Å². The highest BCUT2D eigenvalue weighted by Crippen LogP contribution is 2.38. The van der Waals surface area contributed by atoms with Gasteiger partial charge in [-0.2, -0.15) is 22.0 Å². The summed E-state index contributed by atoms with van der Waals surface area (Å²) < 4.78 is 72.7. The first-order valence-corrected chi connectivity index (χ1v) is 6.21. The van der Waals surface area contributed by atoms with Crippen molar-refractivity contribution in [2.45, 2.75) is 51.3 Å². The van der Waals surface area contributed by atoms with E-state index in [1.807, 2.05) is 0 Å². The Balaban J connectivity index is 4.76. The summed E-state index contributed by atoms with van der Waals surface area (Å²) in [5, 5.41) is 0. The number of carbonyl (C=O) groups excluding carboxylic acids is 2. The largest absolute Gasteiger partial charge is 0.462 e. The summed E-state index contributed by atoms with van der Waals surface area (Å²) in [5.74, 6) is -7.10. The predicted octanol–water partition coefficient (Wildman–Crippen LogP) is 3.41. The van der Waals surface area contributed by atoms with Crippen molar-refractivity contribution >= 4 is 11.9 Å². The van der Waals surface area contributed by atoms with Gasteiger partial charge in [-0.15, -0.1) is 0 Å². The van der Waals surface area contributed by atoms with Crippen LogP contribution in [0.25, 0.3) is 0 Å². The van der Waals surface area contributed by atoms with Gasteiger partial charge in [0.15, 0.2) is 0 Å². The molecule has 0 amide bonds. The normalized spacial score (nSPS) is 14.9. The lowest BCUT2D eigenvalue weighted by molar-refractivity contribution is -0.274. The molecule has 0 bridgehead atoms. The highest BCUT2D eigenvalue weighted by Gasteiger charge is 2.56. The Morgan fingerprint density at radius 2 is 1.59 bits per heavy atom. The minimum atomic E-state index is -5.05. The van der Waals surface area contributed by atoms with Crippen molar-refractivity contribution < 1.29 is 41.0 Å². The number of alkyl halides is 5. The van der Waals surface area contributed by atoms with Gasteiger partial charge in [-0.25, -0.2) is 9.59 Å². The van der Waals surface area contributed by atoms with E-state index in [4.69, 9.17) is 0 Å². The fourth-order valence-electron chi connectivity index (χ4n) is 1.24. The Kier molecular flexibility index (Phi) is 6.52. The highest BCUT2D eigenvalue weighted by atomic mass is 19.4. The molecule has 0 aromatic rings. The Bertz CT molecular complexity index is 439. The number of rotatable bonds is 7. The highest BCUT2D eigenvalue weighted by molar-refractivity contribution is 5.86. The molecule has 0 saturated carbocycles. The second-order valence-electron chi connectivity index (χ2n) is 5.03. The van der Waals surface area contributed by atoms with Gasteiger partial charge in [-0.05, 0) is 26.7 Å². The molecule has 9 heteroatoms. The van der Waals surface area contributed by atoms with Gasteiger partial charge >= 0.3 is 24.0 Å². The third kappa shape index (κ3) is 5.98. The molecule has 128 valence electrons. The molecular weight excluding hydrogens is 315 g/mol. The molecular formula is C13H17F5O4. The van der Waals surface area contributed by atoms with Crippen LogP contribution in [0.1, 0.15) is 33.6 Å². The summed E-state index contributed by atoms with van der Waals surface area (Å²) in [7, 11) is 0. The monoisotopic (exact) mass is 332 g/mol. The predicted molar refractivity (Wildman–Crippen MR) is 66.2 cm³/mol. The lowest BCUT2D eigenvalue weighted by atomic mass is 9.99. The molecule has 0 aliphatic rings. The molecule has 0 radical (unpaired) electrons. The van der Waals surface area contributed by atoms with Crippen molar-refractivity contribution in [1.82, 2.24) is 0 Å². The van der Waals surface area contributed by atoms with Crippen LogP contribution < -0.4 is 0 Å². The van der Waals surface area contributed by atoms with E-state index in [0.29, 0.717) is 6.92 Å². The summed E-state index contributed by atoms with van der Waals surface area (Å²) in [6.45, 7) is 4.87. The Hall–Kier alpha value is -1.67. The van der Waals surface area contributed by atoms with Crippen LogP contribution in [0.2, 0.25) is 0 Å². The van der Waals surface area contributed by atoms with Gasteiger partial charge in [0.05, 0.1) is 6.61 Å². The molecule has 0 fully saturated rings. The van der Waals surface area contributed by atoms with E-state index >= 15 is 0 Å². The molecule has 0 aromatic carbocycles. The van der Waals surface area contributed by atoms with Crippen molar-refractivity contribution in [2.75, 3.05) is 6.61 Å². The SMILES string of the molecule is C=C(C)C(=O)OCCCC(C)(OC(=O)C(C)(F)F)C(F)(F)F. The molecule has 0 aliphatic heterocycles. The number of hydrogen-bond acceptors (Lipinski definition) is 4. The second kappa shape index (κ2) is 7.06. The fourth-order valence-corrected chi connectivity index (χ4v) is 1.24. The van der Waals surface area contributed by atoms with E-state index in [2.05, 4.69) is 16.1 Å². The zero-order chi connectivity index (χ0) is 17.8. The maximum Gasteiger partial charge on any atom is 0.428 e. The molecule has 22 heavy (non-hydrogen) atoms. The maximum absolute atomic E-state index is 12.9. The molecule has 0 N–H and O–H groups in total. The standard InChI is InChI=1S/C13H17F5O4/c1-8(2)9(19)21-7-5-6-11(3,13(16,17)18)22-10(20)12(4,14)15/h1,5-7H2,2-4H3. The van der Waals surface area contributed by atoms with Crippen molar-refractivity contribution in [1.29, 1.82) is 0 Å². The van der Waals surface area contributed by atoms with Gasteiger partial charge < -0.3 is 9.47 Å². The molecule has 4 nitrogen and oxygen atoms in total. The minimum Gasteiger partial charge on any atom is -0.462 e. The average molecular weight is 332 g/mol. The van der Waals surface area contributed by atoms with E-state index in [-0.39, 0.29) is 18.9 Å². The third-order valence-corrected chi connectivity index (χ3v) is 2.66. The van der Waals surface area contributed by atoms with E-state index in [1.165, 1.54) is 6.92 Å². The number of halogens is 5. The van der Waals surface area contributed by atoms with Crippen LogP contribution in [-0.4, -0.2) is 36.2 Å². The quantitative estimate of drug-likeness (QED) is 0.310. The second-order valence-corrected chi connectivity index (χ2v) is 5.03. The van der Waals surface area contributed by atoms with Crippen LogP contribution in [0, 0.1) is 0 Å². The van der Waals surface area contributed by atoms with Crippen molar-refractivity contribution in [2.24, 2.45) is 0 Å². The van der Waals surface area contributed by atoms with Crippen LogP contribution in [0.4, 0.5) is 22.0 Å². The first-order chi connectivity index (χ1) is 9.71. The van der Waals surface area contributed by atoms with E-state index in [0.717, 1.165) is 0 Å². The van der Waals surface area contributed by atoms with Gasteiger partial charge in [-0.1, -0.05) is 6.58 Å². The molecule has 0 spiro atoms. The molecule has 1 atom stereocenters. The minimum absolute atomic E-state index is 0.0654. The van der Waals surface area contributed by atoms with Crippen molar-refractivity contribution in [3.05, 3.63) is 12.2 Å². The van der Waals surface area contributed by atoms with Crippen molar-refractivity contribution in [3.63, 3.8) is 0 Å². The van der Waals surface area contributed by atoms with E-state index in [9.17, 15) is 31.5 Å². The van der Waals surface area contributed by atoms with Crippen LogP contribution in [0.15, 0.2) is 12.2 Å². The summed E-state index contributed by atoms with van der Waals surface area (Å²) in [4.78, 5) is 22.0. The number of ether oxygens (including phenoxy) is 2. The Labute approximate surface area is 124 Å². The molecule has 0 aliphatic carbocycles. The fraction of sp³-hybridized carbons (Fsp3) is 0.692. The molecule has 0 aromatic heterocycles. The van der Waals surface area contributed by atoms with Crippen LogP contribution in [0.3, 0.4) is 0 Å². The Morgan fingerprint density at radius 3 is 1.95 bits per heavy atom. The summed E-state index contributed by atoms with van der Waals surface area (Å²) in [6.07, 6.45) is -6.22. The Morgan fingerprint density at radius 1 is 1.09 bits per heavy atom. The van der Waals surface area contributed by atoms with Crippen LogP contribution in [0.5, 0.6) is 0 Å². The lowest BCUT2D eigenvalue weighted by Gasteiger charge is -2.32. The molecule has 0 rings (SSSR count). The first kappa shape index (κ1) is 20.3. The lowest BCUT2D eigenvalue weighted by Crippen LogP contribution is -2.49. The zero-order valence-corrected chi connectivity index (χ0v) is 12.4. The summed E-state index contributed by atoms with van der Waals surface area (Å²) in [6, 6.07) is 0. The molecule has 1 unspecified atom stereocenters. The number of hydrogen-bond donors (Lipinski definition) is 0.